The molecule has 0 saturated heterocycles. The van der Waals surface area contributed by atoms with E-state index in [-0.39, 0.29) is 0 Å². The molecule has 4 heteroatoms. The van der Waals surface area contributed by atoms with Crippen LogP contribution in [0.1, 0.15) is 17.5 Å². The summed E-state index contributed by atoms with van der Waals surface area (Å²) in [6.45, 7) is 0. The molecule has 3 heterocycles. The second-order valence-corrected chi connectivity index (χ2v) is 13.7. The average molecular weight is 665 g/mol. The van der Waals surface area contributed by atoms with Crippen LogP contribution >= 0.6 is 0 Å². The highest BCUT2D eigenvalue weighted by Crippen LogP contribution is 2.42. The maximum atomic E-state index is 5.20. The van der Waals surface area contributed by atoms with E-state index in [2.05, 4.69) is 167 Å². The van der Waals surface area contributed by atoms with Crippen molar-refractivity contribution in [2.45, 2.75) is 12.8 Å². The van der Waals surface area contributed by atoms with Gasteiger partial charge in [0, 0.05) is 49.4 Å². The summed E-state index contributed by atoms with van der Waals surface area (Å²) in [5.41, 5.74) is 13.7. The largest absolute Gasteiger partial charge is 0.309 e. The minimum atomic E-state index is 0.713. The SMILES string of the molecule is C1=Cc2c(ccc3c2c2cc4c5ccccc5n(-c5cccc(-c6nc(-c7ccccc7)c7ccccc7n6)c5)c4cc2n3-c2ccccc2)CC1. The third-order valence-electron chi connectivity index (χ3n) is 10.7. The summed E-state index contributed by atoms with van der Waals surface area (Å²) in [4.78, 5) is 10.3. The highest BCUT2D eigenvalue weighted by Gasteiger charge is 2.22. The van der Waals surface area contributed by atoms with Crippen LogP contribution < -0.4 is 0 Å². The quantitative estimate of drug-likeness (QED) is 0.188. The molecule has 0 spiro atoms. The van der Waals surface area contributed by atoms with Crippen LogP contribution in [0.5, 0.6) is 0 Å². The number of aromatic nitrogens is 4. The van der Waals surface area contributed by atoms with E-state index in [4.69, 9.17) is 9.97 Å². The van der Waals surface area contributed by atoms with Crippen molar-refractivity contribution < 1.29 is 0 Å². The third kappa shape index (κ3) is 4.34. The molecular weight excluding hydrogens is 633 g/mol. The van der Waals surface area contributed by atoms with Crippen molar-refractivity contribution in [3.63, 3.8) is 0 Å². The molecule has 4 nitrogen and oxygen atoms in total. The zero-order valence-corrected chi connectivity index (χ0v) is 28.4. The lowest BCUT2D eigenvalue weighted by Crippen LogP contribution is -1.98. The maximum Gasteiger partial charge on any atom is 0.160 e. The number of nitrogens with zero attached hydrogens (tertiary/aromatic N) is 4. The minimum Gasteiger partial charge on any atom is -0.309 e. The zero-order valence-electron chi connectivity index (χ0n) is 28.4. The standard InChI is InChI=1S/C48H32N4/c1-3-15-32(16-4-1)47-38-23-9-11-24-41(38)49-48(50-47)33-17-13-20-35(28-33)52-42-25-12-10-22-37(42)39-29-40-45(30-44(39)52)51(34-18-5-2-6-19-34)43-27-26-31-14-7-8-21-36(31)46(40)43/h1-6,8-13,15-30H,7,14H2. The van der Waals surface area contributed by atoms with Gasteiger partial charge in [-0.05, 0) is 78.6 Å². The van der Waals surface area contributed by atoms with Crippen LogP contribution in [0.15, 0.2) is 164 Å². The molecule has 1 aliphatic rings. The van der Waals surface area contributed by atoms with E-state index < -0.39 is 0 Å². The first-order valence-electron chi connectivity index (χ1n) is 18.0. The van der Waals surface area contributed by atoms with E-state index in [0.717, 1.165) is 51.9 Å². The van der Waals surface area contributed by atoms with E-state index in [1.807, 2.05) is 12.1 Å². The fourth-order valence-electron chi connectivity index (χ4n) is 8.43. The number of hydrogen-bond donors (Lipinski definition) is 0. The molecule has 1 aliphatic carbocycles. The van der Waals surface area contributed by atoms with Crippen LogP contribution in [0.25, 0.3) is 94.6 Å². The first-order valence-corrected chi connectivity index (χ1v) is 18.0. The van der Waals surface area contributed by atoms with Crippen LogP contribution in [0.4, 0.5) is 0 Å². The molecule has 0 unspecified atom stereocenters. The van der Waals surface area contributed by atoms with Crippen LogP contribution in [-0.2, 0) is 6.42 Å². The molecule has 0 aliphatic heterocycles. The van der Waals surface area contributed by atoms with Gasteiger partial charge in [-0.3, -0.25) is 0 Å². The predicted molar refractivity (Wildman–Crippen MR) is 216 cm³/mol. The van der Waals surface area contributed by atoms with E-state index in [1.54, 1.807) is 0 Å². The Morgan fingerprint density at radius 2 is 1.17 bits per heavy atom. The summed E-state index contributed by atoms with van der Waals surface area (Å²) in [6.07, 6.45) is 6.83. The van der Waals surface area contributed by atoms with Crippen molar-refractivity contribution in [3.05, 3.63) is 175 Å². The van der Waals surface area contributed by atoms with Gasteiger partial charge < -0.3 is 9.13 Å². The Balaban J connectivity index is 1.19. The van der Waals surface area contributed by atoms with Crippen LogP contribution in [0.3, 0.4) is 0 Å². The van der Waals surface area contributed by atoms with Crippen molar-refractivity contribution in [1.82, 2.24) is 19.1 Å². The molecule has 10 aromatic rings. The zero-order chi connectivity index (χ0) is 34.2. The topological polar surface area (TPSA) is 35.6 Å². The van der Waals surface area contributed by atoms with E-state index in [9.17, 15) is 0 Å². The summed E-state index contributed by atoms with van der Waals surface area (Å²) in [5.74, 6) is 0.713. The van der Waals surface area contributed by atoms with Gasteiger partial charge in [0.25, 0.3) is 0 Å². The molecule has 11 rings (SSSR count). The second-order valence-electron chi connectivity index (χ2n) is 13.7. The molecule has 52 heavy (non-hydrogen) atoms. The van der Waals surface area contributed by atoms with Gasteiger partial charge in [0.2, 0.25) is 0 Å². The van der Waals surface area contributed by atoms with Gasteiger partial charge in [-0.25, -0.2) is 9.97 Å². The summed E-state index contributed by atoms with van der Waals surface area (Å²) in [7, 11) is 0. The fraction of sp³-hybridized carbons (Fsp3) is 0.0417. The lowest BCUT2D eigenvalue weighted by atomic mass is 9.93. The number of hydrogen-bond acceptors (Lipinski definition) is 2. The van der Waals surface area contributed by atoms with Gasteiger partial charge in [0.05, 0.1) is 33.3 Å². The number of rotatable bonds is 4. The Morgan fingerprint density at radius 3 is 2.06 bits per heavy atom. The Morgan fingerprint density at radius 1 is 0.462 bits per heavy atom. The number of para-hydroxylation sites is 3. The summed E-state index contributed by atoms with van der Waals surface area (Å²) in [5, 5.41) is 6.14. The highest BCUT2D eigenvalue weighted by molar-refractivity contribution is 6.21. The molecular formula is C48H32N4. The van der Waals surface area contributed by atoms with Gasteiger partial charge in [-0.2, -0.15) is 0 Å². The molecule has 0 radical (unpaired) electrons. The number of allylic oxidation sites excluding steroid dienone is 1. The van der Waals surface area contributed by atoms with Crippen LogP contribution in [-0.4, -0.2) is 19.1 Å². The van der Waals surface area contributed by atoms with Crippen molar-refractivity contribution in [3.8, 4) is 34.0 Å². The lowest BCUT2D eigenvalue weighted by molar-refractivity contribution is 0.989. The van der Waals surface area contributed by atoms with Gasteiger partial charge in [0.15, 0.2) is 5.82 Å². The van der Waals surface area contributed by atoms with Gasteiger partial charge in [0.1, 0.15) is 0 Å². The number of aryl methyl sites for hydroxylation is 1. The van der Waals surface area contributed by atoms with Gasteiger partial charge in [-0.1, -0.05) is 115 Å². The molecule has 0 fully saturated rings. The maximum absolute atomic E-state index is 5.20. The molecule has 244 valence electrons. The lowest BCUT2D eigenvalue weighted by Gasteiger charge is -2.13. The molecule has 0 atom stereocenters. The van der Waals surface area contributed by atoms with Crippen LogP contribution in [0.2, 0.25) is 0 Å². The molecule has 7 aromatic carbocycles. The molecule has 0 bridgehead atoms. The first kappa shape index (κ1) is 29.0. The number of fused-ring (bicyclic) bond motifs is 9. The Hall–Kier alpha value is -6.78. The van der Waals surface area contributed by atoms with E-state index in [1.165, 1.54) is 54.7 Å². The molecule has 0 saturated carbocycles. The average Bonchev–Trinajstić information content (AvgIpc) is 3.72. The van der Waals surface area contributed by atoms with Crippen molar-refractivity contribution >= 4 is 60.6 Å². The van der Waals surface area contributed by atoms with E-state index in [0.29, 0.717) is 5.82 Å². The number of benzene rings is 7. The molecule has 0 amide bonds. The monoisotopic (exact) mass is 664 g/mol. The third-order valence-corrected chi connectivity index (χ3v) is 10.7. The second kappa shape index (κ2) is 11.4. The van der Waals surface area contributed by atoms with Gasteiger partial charge >= 0.3 is 0 Å². The minimum absolute atomic E-state index is 0.713. The van der Waals surface area contributed by atoms with Crippen molar-refractivity contribution in [2.24, 2.45) is 0 Å². The molecule has 0 N–H and O–H groups in total. The Bertz CT molecular complexity index is 3060. The van der Waals surface area contributed by atoms with Gasteiger partial charge in [-0.15, -0.1) is 0 Å². The Labute approximate surface area is 300 Å². The predicted octanol–water partition coefficient (Wildman–Crippen LogP) is 12.1. The summed E-state index contributed by atoms with van der Waals surface area (Å²) < 4.78 is 4.86. The van der Waals surface area contributed by atoms with Crippen molar-refractivity contribution in [2.75, 3.05) is 0 Å². The smallest absolute Gasteiger partial charge is 0.160 e. The normalized spacial score (nSPS) is 12.8. The summed E-state index contributed by atoms with van der Waals surface area (Å²) >= 11 is 0. The Kier molecular flexibility index (Phi) is 6.34. The van der Waals surface area contributed by atoms with E-state index >= 15 is 0 Å². The van der Waals surface area contributed by atoms with Crippen LogP contribution in [0, 0.1) is 0 Å². The fourth-order valence-corrected chi connectivity index (χ4v) is 8.43. The highest BCUT2D eigenvalue weighted by atomic mass is 15.0. The molecule has 3 aromatic heterocycles. The summed E-state index contributed by atoms with van der Waals surface area (Å²) in [6, 6.07) is 56.5. The first-order chi connectivity index (χ1) is 25.8. The van der Waals surface area contributed by atoms with Crippen molar-refractivity contribution in [1.29, 1.82) is 0 Å².